The van der Waals surface area contributed by atoms with Crippen LogP contribution in [0, 0.1) is 0 Å². The molecule has 0 fully saturated rings. The lowest BCUT2D eigenvalue weighted by Crippen LogP contribution is -2.22. The molecule has 1 heterocycles. The van der Waals surface area contributed by atoms with E-state index in [4.69, 9.17) is 4.74 Å². The first-order valence-electron chi connectivity index (χ1n) is 6.88. The maximum Gasteiger partial charge on any atom is 0.211 e. The van der Waals surface area contributed by atoms with Gasteiger partial charge in [0.05, 0.1) is 7.11 Å². The third-order valence-corrected chi connectivity index (χ3v) is 3.63. The molecule has 0 saturated heterocycles. The van der Waals surface area contributed by atoms with Crippen LogP contribution in [0.5, 0.6) is 17.2 Å². The molecule has 1 aliphatic heterocycles. The number of hydrogen-bond acceptors (Lipinski definition) is 5. The second-order valence-corrected chi connectivity index (χ2v) is 5.04. The van der Waals surface area contributed by atoms with Gasteiger partial charge in [-0.05, 0) is 36.2 Å². The minimum Gasteiger partial charge on any atom is -0.508 e. The summed E-state index contributed by atoms with van der Waals surface area (Å²) in [6.45, 7) is 0.501. The molecule has 0 spiro atoms. The maximum absolute atomic E-state index is 12.6. The summed E-state index contributed by atoms with van der Waals surface area (Å²) in [5.41, 5.74) is 2.18. The number of ketones is 1. The molecule has 3 rings (SSSR count). The Morgan fingerprint density at radius 2 is 2.05 bits per heavy atom. The lowest BCUT2D eigenvalue weighted by atomic mass is 9.92. The second kappa shape index (κ2) is 5.52. The highest BCUT2D eigenvalue weighted by atomic mass is 16.5. The molecule has 0 aromatic heterocycles. The van der Waals surface area contributed by atoms with E-state index in [2.05, 4.69) is 4.99 Å². The van der Waals surface area contributed by atoms with Crippen LogP contribution in [0.15, 0.2) is 41.4 Å². The van der Waals surface area contributed by atoms with Crippen LogP contribution in [-0.4, -0.2) is 35.4 Å². The molecule has 0 radical (unpaired) electrons. The first-order valence-corrected chi connectivity index (χ1v) is 6.88. The van der Waals surface area contributed by atoms with Gasteiger partial charge in [0.25, 0.3) is 0 Å². The average molecular weight is 297 g/mol. The topological polar surface area (TPSA) is 79.1 Å². The van der Waals surface area contributed by atoms with Crippen LogP contribution in [0.2, 0.25) is 0 Å². The van der Waals surface area contributed by atoms with Crippen LogP contribution in [0.3, 0.4) is 0 Å². The number of nitrogens with zero attached hydrogens (tertiary/aromatic N) is 1. The molecule has 2 aromatic carbocycles. The Labute approximate surface area is 127 Å². The van der Waals surface area contributed by atoms with Crippen LogP contribution in [0.1, 0.15) is 21.5 Å². The molecule has 1 aliphatic rings. The molecular formula is C17H15NO4. The van der Waals surface area contributed by atoms with E-state index in [-0.39, 0.29) is 17.3 Å². The minimum atomic E-state index is -0.276. The van der Waals surface area contributed by atoms with E-state index in [0.717, 1.165) is 5.56 Å². The number of phenols is 2. The highest BCUT2D eigenvalue weighted by Gasteiger charge is 2.24. The molecule has 2 N–H and O–H groups in total. The van der Waals surface area contributed by atoms with Gasteiger partial charge in [-0.3, -0.25) is 9.79 Å². The second-order valence-electron chi connectivity index (χ2n) is 5.04. The molecule has 5 nitrogen and oxygen atoms in total. The number of hydrogen-bond donors (Lipinski definition) is 2. The highest BCUT2D eigenvalue weighted by molar-refractivity contribution is 6.52. The van der Waals surface area contributed by atoms with Gasteiger partial charge in [-0.1, -0.05) is 12.1 Å². The zero-order valence-electron chi connectivity index (χ0n) is 12.0. The number of Topliss-reactive ketones (excluding diaryl/α,β-unsaturated/α-hetero) is 1. The lowest BCUT2D eigenvalue weighted by molar-refractivity contribution is 0.106. The van der Waals surface area contributed by atoms with Gasteiger partial charge in [0.1, 0.15) is 11.5 Å². The summed E-state index contributed by atoms with van der Waals surface area (Å²) >= 11 is 0. The molecule has 0 atom stereocenters. The zero-order chi connectivity index (χ0) is 15.7. The molecule has 0 bridgehead atoms. The zero-order valence-corrected chi connectivity index (χ0v) is 12.0. The summed E-state index contributed by atoms with van der Waals surface area (Å²) in [5, 5.41) is 19.5. The van der Waals surface area contributed by atoms with E-state index in [1.165, 1.54) is 25.3 Å². The number of rotatable bonds is 3. The van der Waals surface area contributed by atoms with Crippen LogP contribution in [0.25, 0.3) is 0 Å². The molecule has 0 aliphatic carbocycles. The van der Waals surface area contributed by atoms with Gasteiger partial charge in [0, 0.05) is 17.7 Å². The van der Waals surface area contributed by atoms with Crippen molar-refractivity contribution in [1.29, 1.82) is 0 Å². The van der Waals surface area contributed by atoms with E-state index < -0.39 is 0 Å². The van der Waals surface area contributed by atoms with Crippen molar-refractivity contribution in [2.75, 3.05) is 13.7 Å². The van der Waals surface area contributed by atoms with Crippen molar-refractivity contribution in [3.8, 4) is 17.2 Å². The van der Waals surface area contributed by atoms with Gasteiger partial charge in [-0.2, -0.15) is 0 Å². The van der Waals surface area contributed by atoms with Crippen LogP contribution in [-0.2, 0) is 6.42 Å². The normalized spacial score (nSPS) is 13.2. The van der Waals surface area contributed by atoms with Gasteiger partial charge >= 0.3 is 0 Å². The van der Waals surface area contributed by atoms with Crippen molar-refractivity contribution in [2.45, 2.75) is 6.42 Å². The third-order valence-electron chi connectivity index (χ3n) is 3.63. The van der Waals surface area contributed by atoms with E-state index >= 15 is 0 Å². The smallest absolute Gasteiger partial charge is 0.211 e. The molecule has 112 valence electrons. The number of aliphatic imine (C=N–C) groups is 1. The van der Waals surface area contributed by atoms with Crippen molar-refractivity contribution in [2.24, 2.45) is 4.99 Å². The summed E-state index contributed by atoms with van der Waals surface area (Å²) in [6, 6.07) is 9.38. The standard InChI is InChI=1S/C17H15NO4/c1-22-15-8-10-5-6-18-16(13(10)9-14(15)20)17(21)11-3-2-4-12(19)7-11/h2-4,7-9,19-20H,5-6H2,1H3. The highest BCUT2D eigenvalue weighted by Crippen LogP contribution is 2.32. The maximum atomic E-state index is 12.6. The number of fused-ring (bicyclic) bond motifs is 1. The van der Waals surface area contributed by atoms with E-state index in [0.29, 0.717) is 35.6 Å². The first-order chi connectivity index (χ1) is 10.6. The number of aromatic hydroxyl groups is 2. The van der Waals surface area contributed by atoms with E-state index in [1.807, 2.05) is 0 Å². The molecule has 0 amide bonds. The molecule has 22 heavy (non-hydrogen) atoms. The Balaban J connectivity index is 2.05. The van der Waals surface area contributed by atoms with Gasteiger partial charge < -0.3 is 14.9 Å². The van der Waals surface area contributed by atoms with Crippen molar-refractivity contribution in [3.05, 3.63) is 53.1 Å². The van der Waals surface area contributed by atoms with E-state index in [1.54, 1.807) is 18.2 Å². The van der Waals surface area contributed by atoms with Crippen molar-refractivity contribution in [1.82, 2.24) is 0 Å². The van der Waals surface area contributed by atoms with Crippen molar-refractivity contribution >= 4 is 11.5 Å². The fourth-order valence-corrected chi connectivity index (χ4v) is 2.55. The molecule has 0 saturated carbocycles. The largest absolute Gasteiger partial charge is 0.508 e. The SMILES string of the molecule is COc1cc2c(cc1O)C(C(=O)c1cccc(O)c1)=NCC2. The number of phenolic OH excluding ortho intramolecular Hbond substituents is 2. The summed E-state index contributed by atoms with van der Waals surface area (Å²) in [5.74, 6) is 0.103. The van der Waals surface area contributed by atoms with Gasteiger partial charge in [-0.25, -0.2) is 0 Å². The quantitative estimate of drug-likeness (QED) is 0.852. The Bertz CT molecular complexity index is 780. The molecular weight excluding hydrogens is 282 g/mol. The Morgan fingerprint density at radius 1 is 1.23 bits per heavy atom. The molecule has 5 heteroatoms. The minimum absolute atomic E-state index is 0.0278. The van der Waals surface area contributed by atoms with Gasteiger partial charge in [0.15, 0.2) is 11.5 Å². The predicted octanol–water partition coefficient (Wildman–Crippen LogP) is 2.33. The van der Waals surface area contributed by atoms with Crippen molar-refractivity contribution in [3.63, 3.8) is 0 Å². The predicted molar refractivity (Wildman–Crippen MR) is 82.2 cm³/mol. The summed E-state index contributed by atoms with van der Waals surface area (Å²) in [6.07, 6.45) is 0.683. The molecule has 2 aromatic rings. The van der Waals surface area contributed by atoms with Crippen LogP contribution < -0.4 is 4.74 Å². The van der Waals surface area contributed by atoms with Crippen molar-refractivity contribution < 1.29 is 19.7 Å². The number of carbonyl (C=O) groups excluding carboxylic acids is 1. The summed E-state index contributed by atoms with van der Waals surface area (Å²) in [4.78, 5) is 16.9. The van der Waals surface area contributed by atoms with E-state index in [9.17, 15) is 15.0 Å². The fraction of sp³-hybridized carbons (Fsp3) is 0.176. The molecule has 0 unspecified atom stereocenters. The average Bonchev–Trinajstić information content (AvgIpc) is 2.53. The third kappa shape index (κ3) is 2.41. The van der Waals surface area contributed by atoms with Crippen LogP contribution in [0.4, 0.5) is 0 Å². The Morgan fingerprint density at radius 3 is 2.77 bits per heavy atom. The van der Waals surface area contributed by atoms with Gasteiger partial charge in [-0.15, -0.1) is 0 Å². The Hall–Kier alpha value is -2.82. The van der Waals surface area contributed by atoms with Gasteiger partial charge in [0.2, 0.25) is 5.78 Å². The van der Waals surface area contributed by atoms with Crippen LogP contribution >= 0.6 is 0 Å². The lowest BCUT2D eigenvalue weighted by Gasteiger charge is -2.18. The number of benzene rings is 2. The Kier molecular flexibility index (Phi) is 3.55. The monoisotopic (exact) mass is 297 g/mol. The first kappa shape index (κ1) is 14.1. The number of carbonyl (C=O) groups is 1. The number of ether oxygens (including phenoxy) is 1. The number of methoxy groups -OCH3 is 1. The summed E-state index contributed by atoms with van der Waals surface area (Å²) in [7, 11) is 1.48. The summed E-state index contributed by atoms with van der Waals surface area (Å²) < 4.78 is 5.10. The fourth-order valence-electron chi connectivity index (χ4n) is 2.55.